The SMILES string of the molecule is COc1ccc(C(=O)NC(=S)NCc2ccc(-c3nc4ncccc4o3)cc2)cc1Cl. The Bertz CT molecular complexity index is 1220. The number of aromatic nitrogens is 2. The van der Waals surface area contributed by atoms with Crippen molar-refractivity contribution in [2.45, 2.75) is 6.54 Å². The molecule has 0 saturated carbocycles. The van der Waals surface area contributed by atoms with Crippen LogP contribution in [-0.4, -0.2) is 28.1 Å². The lowest BCUT2D eigenvalue weighted by Gasteiger charge is -2.11. The van der Waals surface area contributed by atoms with Crippen molar-refractivity contribution in [3.63, 3.8) is 0 Å². The largest absolute Gasteiger partial charge is 0.495 e. The highest BCUT2D eigenvalue weighted by Gasteiger charge is 2.11. The Morgan fingerprint density at radius 1 is 1.19 bits per heavy atom. The van der Waals surface area contributed by atoms with E-state index in [-0.39, 0.29) is 11.0 Å². The van der Waals surface area contributed by atoms with Gasteiger partial charge in [-0.2, -0.15) is 4.98 Å². The fraction of sp³-hybridized carbons (Fsp3) is 0.0909. The summed E-state index contributed by atoms with van der Waals surface area (Å²) in [5.41, 5.74) is 3.41. The van der Waals surface area contributed by atoms with Crippen LogP contribution in [0.2, 0.25) is 5.02 Å². The maximum absolute atomic E-state index is 12.3. The predicted molar refractivity (Wildman–Crippen MR) is 122 cm³/mol. The fourth-order valence-corrected chi connectivity index (χ4v) is 3.29. The summed E-state index contributed by atoms with van der Waals surface area (Å²) in [7, 11) is 1.51. The molecule has 31 heavy (non-hydrogen) atoms. The van der Waals surface area contributed by atoms with Crippen molar-refractivity contribution < 1.29 is 13.9 Å². The molecule has 2 heterocycles. The average Bonchev–Trinajstić information content (AvgIpc) is 3.22. The van der Waals surface area contributed by atoms with Gasteiger partial charge in [0.15, 0.2) is 16.3 Å². The molecule has 0 aliphatic rings. The molecule has 7 nitrogen and oxygen atoms in total. The number of fused-ring (bicyclic) bond motifs is 1. The van der Waals surface area contributed by atoms with Gasteiger partial charge in [-0.15, -0.1) is 0 Å². The molecule has 0 radical (unpaired) electrons. The lowest BCUT2D eigenvalue weighted by molar-refractivity contribution is 0.0976. The number of benzene rings is 2. The first-order valence-electron chi connectivity index (χ1n) is 9.27. The normalized spacial score (nSPS) is 10.6. The summed E-state index contributed by atoms with van der Waals surface area (Å²) in [5.74, 6) is 0.646. The van der Waals surface area contributed by atoms with Crippen LogP contribution in [0.25, 0.3) is 22.7 Å². The van der Waals surface area contributed by atoms with Crippen molar-refractivity contribution in [1.82, 2.24) is 20.6 Å². The first kappa shape index (κ1) is 20.8. The summed E-state index contributed by atoms with van der Waals surface area (Å²) >= 11 is 11.3. The van der Waals surface area contributed by atoms with E-state index in [1.165, 1.54) is 13.2 Å². The molecule has 0 spiro atoms. The Balaban J connectivity index is 1.34. The average molecular weight is 453 g/mol. The molecular formula is C22H17ClN4O3S. The second kappa shape index (κ2) is 9.11. The van der Waals surface area contributed by atoms with Crippen molar-refractivity contribution in [2.75, 3.05) is 7.11 Å². The predicted octanol–water partition coefficient (Wildman–Crippen LogP) is 4.36. The van der Waals surface area contributed by atoms with Gasteiger partial charge >= 0.3 is 0 Å². The number of nitrogens with one attached hydrogen (secondary N) is 2. The van der Waals surface area contributed by atoms with E-state index in [2.05, 4.69) is 20.6 Å². The number of amides is 1. The highest BCUT2D eigenvalue weighted by molar-refractivity contribution is 7.80. The fourth-order valence-electron chi connectivity index (χ4n) is 2.87. The van der Waals surface area contributed by atoms with Gasteiger partial charge in [0.25, 0.3) is 5.91 Å². The summed E-state index contributed by atoms with van der Waals surface area (Å²) in [5, 5.41) is 6.21. The Morgan fingerprint density at radius 2 is 2.00 bits per heavy atom. The first-order valence-corrected chi connectivity index (χ1v) is 10.1. The Hall–Kier alpha value is -3.49. The summed E-state index contributed by atoms with van der Waals surface area (Å²) in [6, 6.07) is 16.1. The molecule has 2 aromatic heterocycles. The van der Waals surface area contributed by atoms with Crippen LogP contribution in [0.4, 0.5) is 0 Å². The molecular weight excluding hydrogens is 436 g/mol. The Labute approximate surface area is 188 Å². The monoisotopic (exact) mass is 452 g/mol. The van der Waals surface area contributed by atoms with Crippen LogP contribution in [-0.2, 0) is 6.54 Å². The lowest BCUT2D eigenvalue weighted by atomic mass is 10.1. The molecule has 0 fully saturated rings. The van der Waals surface area contributed by atoms with Crippen molar-refractivity contribution in [2.24, 2.45) is 0 Å². The molecule has 2 N–H and O–H groups in total. The molecule has 0 unspecified atom stereocenters. The van der Waals surface area contributed by atoms with E-state index < -0.39 is 0 Å². The Morgan fingerprint density at radius 3 is 2.71 bits per heavy atom. The maximum Gasteiger partial charge on any atom is 0.257 e. The highest BCUT2D eigenvalue weighted by Crippen LogP contribution is 2.25. The molecule has 0 saturated heterocycles. The van der Waals surface area contributed by atoms with E-state index in [9.17, 15) is 4.79 Å². The number of halogens is 1. The summed E-state index contributed by atoms with van der Waals surface area (Å²) < 4.78 is 10.8. The van der Waals surface area contributed by atoms with Crippen molar-refractivity contribution in [1.29, 1.82) is 0 Å². The van der Waals surface area contributed by atoms with Crippen molar-refractivity contribution in [3.8, 4) is 17.2 Å². The molecule has 4 aromatic rings. The first-order chi connectivity index (χ1) is 15.0. The molecule has 2 aromatic carbocycles. The number of nitrogens with zero attached hydrogens (tertiary/aromatic N) is 2. The number of hydrogen-bond donors (Lipinski definition) is 2. The smallest absolute Gasteiger partial charge is 0.257 e. The third kappa shape index (κ3) is 4.82. The molecule has 1 amide bonds. The van der Waals surface area contributed by atoms with Gasteiger partial charge < -0.3 is 14.5 Å². The summed E-state index contributed by atoms with van der Waals surface area (Å²) in [4.78, 5) is 20.9. The molecule has 0 aliphatic heterocycles. The molecule has 0 atom stereocenters. The number of carbonyl (C=O) groups is 1. The van der Waals surface area contributed by atoms with Crippen LogP contribution < -0.4 is 15.4 Å². The van der Waals surface area contributed by atoms with Crippen LogP contribution in [0.5, 0.6) is 5.75 Å². The van der Waals surface area contributed by atoms with Crippen molar-refractivity contribution >= 4 is 46.1 Å². The van der Waals surface area contributed by atoms with E-state index in [1.54, 1.807) is 24.4 Å². The lowest BCUT2D eigenvalue weighted by Crippen LogP contribution is -2.38. The van der Waals surface area contributed by atoms with Gasteiger partial charge in [0.2, 0.25) is 5.89 Å². The van der Waals surface area contributed by atoms with E-state index in [0.717, 1.165) is 11.1 Å². The van der Waals surface area contributed by atoms with E-state index in [1.807, 2.05) is 30.3 Å². The van der Waals surface area contributed by atoms with Crippen molar-refractivity contribution in [3.05, 3.63) is 76.9 Å². The van der Waals surface area contributed by atoms with Crippen LogP contribution in [0, 0.1) is 0 Å². The zero-order valence-corrected chi connectivity index (χ0v) is 18.0. The number of ether oxygens (including phenoxy) is 1. The number of thiocarbonyl (C=S) groups is 1. The zero-order chi connectivity index (χ0) is 21.8. The molecule has 0 aliphatic carbocycles. The van der Waals surface area contributed by atoms with E-state index >= 15 is 0 Å². The number of oxazole rings is 1. The molecule has 156 valence electrons. The van der Waals surface area contributed by atoms with Gasteiger partial charge in [-0.05, 0) is 60.2 Å². The topological polar surface area (TPSA) is 89.3 Å². The molecule has 0 bridgehead atoms. The third-order valence-electron chi connectivity index (χ3n) is 4.46. The second-order valence-corrected chi connectivity index (χ2v) is 7.34. The minimum absolute atomic E-state index is 0.214. The van der Waals surface area contributed by atoms with Gasteiger partial charge in [0, 0.05) is 23.9 Å². The van der Waals surface area contributed by atoms with Gasteiger partial charge in [0.05, 0.1) is 12.1 Å². The molecule has 9 heteroatoms. The van der Waals surface area contributed by atoms with Gasteiger partial charge in [-0.3, -0.25) is 10.1 Å². The Kier molecular flexibility index (Phi) is 6.11. The zero-order valence-electron chi connectivity index (χ0n) is 16.4. The van der Waals surface area contributed by atoms with Crippen LogP contribution in [0.15, 0.2) is 65.2 Å². The quantitative estimate of drug-likeness (QED) is 0.435. The number of hydrogen-bond acceptors (Lipinski definition) is 6. The van der Waals surface area contributed by atoms with Gasteiger partial charge in [0.1, 0.15) is 5.75 Å². The van der Waals surface area contributed by atoms with Crippen LogP contribution in [0.3, 0.4) is 0 Å². The minimum Gasteiger partial charge on any atom is -0.495 e. The third-order valence-corrected chi connectivity index (χ3v) is 5.00. The van der Waals surface area contributed by atoms with E-state index in [4.69, 9.17) is 33.0 Å². The van der Waals surface area contributed by atoms with Crippen LogP contribution in [0.1, 0.15) is 15.9 Å². The highest BCUT2D eigenvalue weighted by atomic mass is 35.5. The number of carbonyl (C=O) groups excluding carboxylic acids is 1. The van der Waals surface area contributed by atoms with Gasteiger partial charge in [-0.1, -0.05) is 23.7 Å². The second-order valence-electron chi connectivity index (χ2n) is 6.53. The summed E-state index contributed by atoms with van der Waals surface area (Å²) in [6.07, 6.45) is 1.67. The number of methoxy groups -OCH3 is 1. The van der Waals surface area contributed by atoms with E-state index in [0.29, 0.717) is 40.0 Å². The van der Waals surface area contributed by atoms with Gasteiger partial charge in [-0.25, -0.2) is 4.98 Å². The number of rotatable bonds is 5. The molecule has 4 rings (SSSR count). The standard InChI is InChI=1S/C22H17ClN4O3S/c1-29-17-9-8-15(11-16(17)23)20(28)27-22(31)25-12-13-4-6-14(7-5-13)21-26-19-18(30-21)3-2-10-24-19/h2-11H,12H2,1H3,(H2,25,27,28,31). The van der Waals surface area contributed by atoms with Crippen LogP contribution >= 0.6 is 23.8 Å². The summed E-state index contributed by atoms with van der Waals surface area (Å²) in [6.45, 7) is 0.442. The minimum atomic E-state index is -0.359. The number of pyridine rings is 1. The maximum atomic E-state index is 12.3.